The van der Waals surface area contributed by atoms with Gasteiger partial charge in [0.1, 0.15) is 5.72 Å². The second-order valence-corrected chi connectivity index (χ2v) is 6.26. The summed E-state index contributed by atoms with van der Waals surface area (Å²) in [6.45, 7) is 12.6. The Morgan fingerprint density at radius 2 is 1.94 bits per heavy atom. The molecule has 2 heteroatoms. The summed E-state index contributed by atoms with van der Waals surface area (Å²) < 4.78 is 6.38. The summed E-state index contributed by atoms with van der Waals surface area (Å²) in [5.74, 6) is 1.45. The van der Waals surface area contributed by atoms with Crippen molar-refractivity contribution in [3.63, 3.8) is 0 Å². The molecule has 0 amide bonds. The highest BCUT2D eigenvalue weighted by Crippen LogP contribution is 2.49. The van der Waals surface area contributed by atoms with Gasteiger partial charge in [-0.05, 0) is 46.0 Å². The van der Waals surface area contributed by atoms with Gasteiger partial charge < -0.3 is 4.74 Å². The van der Waals surface area contributed by atoms with Crippen LogP contribution in [0.3, 0.4) is 0 Å². The van der Waals surface area contributed by atoms with Gasteiger partial charge in [0, 0.05) is 18.5 Å². The summed E-state index contributed by atoms with van der Waals surface area (Å²) in [5.41, 5.74) is 0.0712. The molecular weight excluding hydrogens is 198 g/mol. The van der Waals surface area contributed by atoms with E-state index in [0.717, 1.165) is 18.4 Å². The van der Waals surface area contributed by atoms with Crippen LogP contribution in [0.15, 0.2) is 0 Å². The topological polar surface area (TPSA) is 12.5 Å². The molecule has 1 saturated carbocycles. The fourth-order valence-corrected chi connectivity index (χ4v) is 3.88. The summed E-state index contributed by atoms with van der Waals surface area (Å²) in [6.07, 6.45) is 4.31. The van der Waals surface area contributed by atoms with Gasteiger partial charge in [-0.2, -0.15) is 0 Å². The Balaban J connectivity index is 2.27. The van der Waals surface area contributed by atoms with Crippen LogP contribution in [-0.4, -0.2) is 29.3 Å². The molecule has 2 fully saturated rings. The Morgan fingerprint density at radius 1 is 1.25 bits per heavy atom. The van der Waals surface area contributed by atoms with Crippen LogP contribution in [-0.2, 0) is 4.74 Å². The fourth-order valence-electron chi connectivity index (χ4n) is 3.88. The molecule has 2 rings (SSSR count). The first kappa shape index (κ1) is 12.4. The van der Waals surface area contributed by atoms with Crippen LogP contribution < -0.4 is 0 Å². The van der Waals surface area contributed by atoms with Crippen molar-refractivity contribution in [1.29, 1.82) is 0 Å². The highest BCUT2D eigenvalue weighted by Gasteiger charge is 2.54. The van der Waals surface area contributed by atoms with Crippen molar-refractivity contribution in [3.8, 4) is 0 Å². The molecule has 0 aromatic rings. The molecule has 0 radical (unpaired) electrons. The third-order valence-corrected chi connectivity index (χ3v) is 4.40. The molecule has 0 bridgehead atoms. The zero-order valence-electron chi connectivity index (χ0n) is 11.5. The lowest BCUT2D eigenvalue weighted by Crippen LogP contribution is -2.52. The maximum atomic E-state index is 6.38. The van der Waals surface area contributed by atoms with E-state index < -0.39 is 0 Å². The van der Waals surface area contributed by atoms with E-state index in [1.807, 2.05) is 0 Å². The van der Waals surface area contributed by atoms with Crippen LogP contribution >= 0.6 is 0 Å². The minimum absolute atomic E-state index is 0.0712. The molecule has 2 nitrogen and oxygen atoms in total. The molecule has 16 heavy (non-hydrogen) atoms. The number of hydrogen-bond acceptors (Lipinski definition) is 2. The Hall–Kier alpha value is -0.0800. The van der Waals surface area contributed by atoms with Gasteiger partial charge in [-0.3, -0.25) is 4.90 Å². The zero-order valence-corrected chi connectivity index (χ0v) is 11.5. The van der Waals surface area contributed by atoms with E-state index in [-0.39, 0.29) is 5.72 Å². The first-order valence-electron chi connectivity index (χ1n) is 6.92. The van der Waals surface area contributed by atoms with Crippen LogP contribution in [0.25, 0.3) is 0 Å². The molecule has 1 aliphatic carbocycles. The van der Waals surface area contributed by atoms with Gasteiger partial charge in [-0.15, -0.1) is 0 Å². The lowest BCUT2D eigenvalue weighted by Gasteiger charge is -2.42. The normalized spacial score (nSPS) is 40.7. The Kier molecular flexibility index (Phi) is 3.33. The maximum absolute atomic E-state index is 6.38. The van der Waals surface area contributed by atoms with E-state index >= 15 is 0 Å². The Labute approximate surface area is 100 Å². The SMILES string of the molecule is CC1CN(C(C)C)C2(CCCC2C(C)C)O1. The van der Waals surface area contributed by atoms with Crippen molar-refractivity contribution in [1.82, 2.24) is 4.90 Å². The van der Waals surface area contributed by atoms with Gasteiger partial charge in [0.2, 0.25) is 0 Å². The van der Waals surface area contributed by atoms with Crippen LogP contribution in [0.1, 0.15) is 53.9 Å². The molecule has 3 atom stereocenters. The third-order valence-electron chi connectivity index (χ3n) is 4.40. The average Bonchev–Trinajstić information content (AvgIpc) is 2.71. The summed E-state index contributed by atoms with van der Waals surface area (Å²) >= 11 is 0. The van der Waals surface area contributed by atoms with Gasteiger partial charge in [-0.1, -0.05) is 13.8 Å². The molecule has 0 N–H and O–H groups in total. The van der Waals surface area contributed by atoms with E-state index in [1.165, 1.54) is 19.3 Å². The third kappa shape index (κ3) is 1.80. The van der Waals surface area contributed by atoms with Gasteiger partial charge in [0.25, 0.3) is 0 Å². The van der Waals surface area contributed by atoms with Crippen LogP contribution in [0.4, 0.5) is 0 Å². The van der Waals surface area contributed by atoms with E-state index in [0.29, 0.717) is 12.1 Å². The minimum Gasteiger partial charge on any atom is -0.356 e. The Morgan fingerprint density at radius 3 is 2.50 bits per heavy atom. The van der Waals surface area contributed by atoms with Gasteiger partial charge >= 0.3 is 0 Å². The van der Waals surface area contributed by atoms with Gasteiger partial charge in [-0.25, -0.2) is 0 Å². The lowest BCUT2D eigenvalue weighted by molar-refractivity contribution is -0.145. The predicted molar refractivity (Wildman–Crippen MR) is 67.3 cm³/mol. The smallest absolute Gasteiger partial charge is 0.125 e. The van der Waals surface area contributed by atoms with E-state index in [1.54, 1.807) is 0 Å². The van der Waals surface area contributed by atoms with Crippen molar-refractivity contribution in [2.45, 2.75) is 71.8 Å². The molecule has 0 aromatic carbocycles. The molecule has 1 aliphatic heterocycles. The van der Waals surface area contributed by atoms with E-state index in [2.05, 4.69) is 39.5 Å². The van der Waals surface area contributed by atoms with Crippen molar-refractivity contribution in [3.05, 3.63) is 0 Å². The molecule has 0 aromatic heterocycles. The molecule has 1 heterocycles. The molecule has 2 aliphatic rings. The zero-order chi connectivity index (χ0) is 11.9. The van der Waals surface area contributed by atoms with Crippen molar-refractivity contribution in [2.75, 3.05) is 6.54 Å². The minimum atomic E-state index is 0.0712. The first-order chi connectivity index (χ1) is 7.47. The average molecular weight is 225 g/mol. The monoisotopic (exact) mass is 225 g/mol. The first-order valence-corrected chi connectivity index (χ1v) is 6.92. The van der Waals surface area contributed by atoms with Gasteiger partial charge in [0.05, 0.1) is 6.10 Å². The lowest BCUT2D eigenvalue weighted by atomic mass is 9.86. The van der Waals surface area contributed by atoms with Crippen LogP contribution in [0.2, 0.25) is 0 Å². The van der Waals surface area contributed by atoms with Crippen LogP contribution in [0.5, 0.6) is 0 Å². The quantitative estimate of drug-likeness (QED) is 0.715. The highest BCUT2D eigenvalue weighted by molar-refractivity contribution is 5.00. The largest absolute Gasteiger partial charge is 0.356 e. The number of hydrogen-bond donors (Lipinski definition) is 0. The van der Waals surface area contributed by atoms with Crippen molar-refractivity contribution >= 4 is 0 Å². The number of ether oxygens (including phenoxy) is 1. The molecule has 94 valence electrons. The second kappa shape index (κ2) is 4.30. The summed E-state index contributed by atoms with van der Waals surface area (Å²) in [7, 11) is 0. The second-order valence-electron chi connectivity index (χ2n) is 6.26. The summed E-state index contributed by atoms with van der Waals surface area (Å²) in [6, 6.07) is 0.601. The molecular formula is C14H27NO. The van der Waals surface area contributed by atoms with Crippen LogP contribution in [0, 0.1) is 11.8 Å². The van der Waals surface area contributed by atoms with E-state index in [4.69, 9.17) is 4.74 Å². The summed E-state index contributed by atoms with van der Waals surface area (Å²) in [5, 5.41) is 0. The number of rotatable bonds is 2. The fraction of sp³-hybridized carbons (Fsp3) is 1.00. The van der Waals surface area contributed by atoms with Gasteiger partial charge in [0.15, 0.2) is 0 Å². The Bertz CT molecular complexity index is 251. The standard InChI is InChI=1S/C14H27NO/c1-10(2)13-7-6-8-14(13)15(11(3)4)9-12(5)16-14/h10-13H,6-9H2,1-5H3. The van der Waals surface area contributed by atoms with E-state index in [9.17, 15) is 0 Å². The number of nitrogens with zero attached hydrogens (tertiary/aromatic N) is 1. The molecule has 1 spiro atoms. The highest BCUT2D eigenvalue weighted by atomic mass is 16.5. The molecule has 3 unspecified atom stereocenters. The maximum Gasteiger partial charge on any atom is 0.125 e. The van der Waals surface area contributed by atoms with Crippen molar-refractivity contribution in [2.24, 2.45) is 11.8 Å². The summed E-state index contributed by atoms with van der Waals surface area (Å²) in [4.78, 5) is 2.62. The van der Waals surface area contributed by atoms with Crippen molar-refractivity contribution < 1.29 is 4.74 Å². The predicted octanol–water partition coefficient (Wildman–Crippen LogP) is 3.27. The molecule has 1 saturated heterocycles.